The van der Waals surface area contributed by atoms with Crippen molar-refractivity contribution in [1.82, 2.24) is 10.2 Å². The molecule has 0 amide bonds. The van der Waals surface area contributed by atoms with Crippen LogP contribution in [0.1, 0.15) is 53.9 Å². The lowest BCUT2D eigenvalue weighted by molar-refractivity contribution is 0.0183. The van der Waals surface area contributed by atoms with Crippen LogP contribution < -0.4 is 5.32 Å². The molecule has 0 aromatic carbocycles. The first-order valence-electron chi connectivity index (χ1n) is 7.17. The zero-order valence-electron chi connectivity index (χ0n) is 12.3. The number of allylic oxidation sites excluding steroid dienone is 1. The molecular weight excluding hydrogens is 208 g/mol. The van der Waals surface area contributed by atoms with Crippen molar-refractivity contribution in [3.05, 3.63) is 12.2 Å². The van der Waals surface area contributed by atoms with Crippen molar-refractivity contribution in [1.29, 1.82) is 0 Å². The van der Waals surface area contributed by atoms with Crippen molar-refractivity contribution in [3.8, 4) is 0 Å². The minimum Gasteiger partial charge on any atom is -0.308 e. The number of rotatable bonds is 5. The molecule has 1 unspecified atom stereocenters. The van der Waals surface area contributed by atoms with Gasteiger partial charge in [0.2, 0.25) is 0 Å². The van der Waals surface area contributed by atoms with Crippen molar-refractivity contribution >= 4 is 0 Å². The van der Waals surface area contributed by atoms with Crippen LogP contribution in [0.4, 0.5) is 0 Å². The molecule has 0 bridgehead atoms. The molecule has 17 heavy (non-hydrogen) atoms. The van der Waals surface area contributed by atoms with Crippen molar-refractivity contribution in [3.63, 3.8) is 0 Å². The summed E-state index contributed by atoms with van der Waals surface area (Å²) in [6.07, 6.45) is 8.10. The lowest BCUT2D eigenvalue weighted by atomic mass is 9.83. The van der Waals surface area contributed by atoms with Crippen LogP contribution in [-0.2, 0) is 0 Å². The molecule has 0 aromatic rings. The highest BCUT2D eigenvalue weighted by molar-refractivity contribution is 5.04. The van der Waals surface area contributed by atoms with Gasteiger partial charge in [-0.15, -0.1) is 0 Å². The van der Waals surface area contributed by atoms with Crippen LogP contribution in [0.2, 0.25) is 0 Å². The summed E-state index contributed by atoms with van der Waals surface area (Å²) >= 11 is 0. The van der Waals surface area contributed by atoms with Gasteiger partial charge >= 0.3 is 0 Å². The van der Waals surface area contributed by atoms with Gasteiger partial charge in [-0.05, 0) is 33.1 Å². The van der Waals surface area contributed by atoms with Gasteiger partial charge in [0.15, 0.2) is 0 Å². The molecule has 0 aliphatic carbocycles. The van der Waals surface area contributed by atoms with E-state index in [1.165, 1.54) is 25.8 Å². The number of nitrogens with zero attached hydrogens (tertiary/aromatic N) is 1. The first kappa shape index (κ1) is 14.7. The van der Waals surface area contributed by atoms with Crippen LogP contribution in [0.5, 0.6) is 0 Å². The van der Waals surface area contributed by atoms with E-state index in [2.05, 4.69) is 57.0 Å². The smallest absolute Gasteiger partial charge is 0.0307 e. The van der Waals surface area contributed by atoms with Crippen LogP contribution >= 0.6 is 0 Å². The Morgan fingerprint density at radius 2 is 1.82 bits per heavy atom. The van der Waals surface area contributed by atoms with E-state index in [4.69, 9.17) is 0 Å². The second kappa shape index (κ2) is 6.01. The first-order valence-corrected chi connectivity index (χ1v) is 7.17. The SMILES string of the molecule is C/C=C/CN1CC(CC)(CC)NCC1(C)CC. The Morgan fingerprint density at radius 3 is 2.29 bits per heavy atom. The predicted octanol–water partition coefficient (Wildman–Crippen LogP) is 3.20. The summed E-state index contributed by atoms with van der Waals surface area (Å²) in [4.78, 5) is 2.66. The highest BCUT2D eigenvalue weighted by Gasteiger charge is 2.41. The fourth-order valence-corrected chi connectivity index (χ4v) is 2.69. The molecule has 1 aliphatic heterocycles. The molecule has 1 rings (SSSR count). The minimum atomic E-state index is 0.313. The molecule has 1 N–H and O–H groups in total. The van der Waals surface area contributed by atoms with Gasteiger partial charge in [-0.2, -0.15) is 0 Å². The van der Waals surface area contributed by atoms with E-state index < -0.39 is 0 Å². The summed E-state index contributed by atoms with van der Waals surface area (Å²) < 4.78 is 0. The van der Waals surface area contributed by atoms with Crippen LogP contribution in [0, 0.1) is 0 Å². The second-order valence-electron chi connectivity index (χ2n) is 5.64. The average Bonchev–Trinajstić information content (AvgIpc) is 2.38. The Morgan fingerprint density at radius 1 is 1.18 bits per heavy atom. The maximum Gasteiger partial charge on any atom is 0.0307 e. The topological polar surface area (TPSA) is 15.3 Å². The van der Waals surface area contributed by atoms with Crippen molar-refractivity contribution in [2.75, 3.05) is 19.6 Å². The fraction of sp³-hybridized carbons (Fsp3) is 0.867. The normalized spacial score (nSPS) is 29.9. The molecule has 1 aliphatic rings. The Balaban J connectivity index is 2.83. The van der Waals surface area contributed by atoms with Crippen LogP contribution in [0.15, 0.2) is 12.2 Å². The van der Waals surface area contributed by atoms with E-state index in [-0.39, 0.29) is 0 Å². The van der Waals surface area contributed by atoms with E-state index in [0.717, 1.165) is 13.1 Å². The highest BCUT2D eigenvalue weighted by Crippen LogP contribution is 2.30. The molecule has 1 saturated heterocycles. The van der Waals surface area contributed by atoms with Gasteiger partial charge in [0.25, 0.3) is 0 Å². The molecular formula is C15H30N2. The summed E-state index contributed by atoms with van der Waals surface area (Å²) in [5, 5.41) is 3.81. The summed E-state index contributed by atoms with van der Waals surface area (Å²) in [7, 11) is 0. The molecule has 0 aromatic heterocycles. The van der Waals surface area contributed by atoms with Crippen molar-refractivity contribution in [2.45, 2.75) is 65.0 Å². The van der Waals surface area contributed by atoms with E-state index in [0.29, 0.717) is 11.1 Å². The molecule has 0 spiro atoms. The Kier molecular flexibility index (Phi) is 5.21. The van der Waals surface area contributed by atoms with Gasteiger partial charge < -0.3 is 5.32 Å². The van der Waals surface area contributed by atoms with E-state index in [1.54, 1.807) is 0 Å². The summed E-state index contributed by atoms with van der Waals surface area (Å²) in [5.41, 5.74) is 0.642. The Bertz CT molecular complexity index is 256. The number of nitrogens with one attached hydrogen (secondary N) is 1. The Hall–Kier alpha value is -0.340. The molecule has 2 heteroatoms. The second-order valence-corrected chi connectivity index (χ2v) is 5.64. The monoisotopic (exact) mass is 238 g/mol. The standard InChI is InChI=1S/C15H30N2/c1-6-10-11-17-13-15(8-3,9-4)16-12-14(17,5)7-2/h6,10,16H,7-9,11-13H2,1-5H3/b10-6+. The van der Waals surface area contributed by atoms with E-state index in [9.17, 15) is 0 Å². The van der Waals surface area contributed by atoms with Gasteiger partial charge in [0, 0.05) is 30.7 Å². The maximum atomic E-state index is 3.81. The third-order valence-corrected chi connectivity index (χ3v) is 4.78. The Labute approximate surface area is 107 Å². The van der Waals surface area contributed by atoms with E-state index in [1.807, 2.05) is 0 Å². The third-order valence-electron chi connectivity index (χ3n) is 4.78. The third kappa shape index (κ3) is 3.11. The van der Waals surface area contributed by atoms with Gasteiger partial charge in [-0.1, -0.05) is 32.9 Å². The predicted molar refractivity (Wildman–Crippen MR) is 76.4 cm³/mol. The fourth-order valence-electron chi connectivity index (χ4n) is 2.69. The highest BCUT2D eigenvalue weighted by atomic mass is 15.3. The maximum absolute atomic E-state index is 3.81. The minimum absolute atomic E-state index is 0.313. The summed E-state index contributed by atoms with van der Waals surface area (Å²) in [6.45, 7) is 14.8. The largest absolute Gasteiger partial charge is 0.308 e. The zero-order chi connectivity index (χ0) is 12.9. The molecule has 0 saturated carbocycles. The molecule has 0 radical (unpaired) electrons. The van der Waals surface area contributed by atoms with Gasteiger partial charge in [0.05, 0.1) is 0 Å². The molecule has 2 nitrogen and oxygen atoms in total. The average molecular weight is 238 g/mol. The molecule has 1 atom stereocenters. The van der Waals surface area contributed by atoms with E-state index >= 15 is 0 Å². The van der Waals surface area contributed by atoms with Crippen LogP contribution in [0.25, 0.3) is 0 Å². The zero-order valence-corrected chi connectivity index (χ0v) is 12.3. The molecule has 1 heterocycles. The van der Waals surface area contributed by atoms with Crippen LogP contribution in [-0.4, -0.2) is 35.6 Å². The van der Waals surface area contributed by atoms with Gasteiger partial charge in [-0.25, -0.2) is 0 Å². The number of hydrogen-bond donors (Lipinski definition) is 1. The van der Waals surface area contributed by atoms with Gasteiger partial charge in [0.1, 0.15) is 0 Å². The summed E-state index contributed by atoms with van der Waals surface area (Å²) in [5.74, 6) is 0. The quantitative estimate of drug-likeness (QED) is 0.740. The lowest BCUT2D eigenvalue weighted by Crippen LogP contribution is -2.68. The first-order chi connectivity index (χ1) is 8.05. The molecule has 1 fully saturated rings. The van der Waals surface area contributed by atoms with Crippen molar-refractivity contribution in [2.24, 2.45) is 0 Å². The number of piperazine rings is 1. The molecule has 100 valence electrons. The van der Waals surface area contributed by atoms with Crippen molar-refractivity contribution < 1.29 is 0 Å². The summed E-state index contributed by atoms with van der Waals surface area (Å²) in [6, 6.07) is 0. The number of hydrogen-bond acceptors (Lipinski definition) is 2. The van der Waals surface area contributed by atoms with Crippen LogP contribution in [0.3, 0.4) is 0 Å². The lowest BCUT2D eigenvalue weighted by Gasteiger charge is -2.53. The van der Waals surface area contributed by atoms with Gasteiger partial charge in [-0.3, -0.25) is 4.90 Å².